The number of rotatable bonds is 2. The third-order valence-electron chi connectivity index (χ3n) is 6.02. The van der Waals surface area contributed by atoms with E-state index in [1.807, 2.05) is 17.1 Å². The number of pyridine rings is 1. The van der Waals surface area contributed by atoms with Crippen LogP contribution in [0.3, 0.4) is 0 Å². The summed E-state index contributed by atoms with van der Waals surface area (Å²) in [5, 5.41) is 5.60. The fourth-order valence-electron chi connectivity index (χ4n) is 3.71. The summed E-state index contributed by atoms with van der Waals surface area (Å²) in [6.45, 7) is 9.81. The molecule has 128 valence electrons. The minimum atomic E-state index is -0.132. The van der Waals surface area contributed by atoms with Crippen molar-refractivity contribution in [3.63, 3.8) is 0 Å². The van der Waals surface area contributed by atoms with Crippen LogP contribution in [0.15, 0.2) is 18.5 Å². The first kappa shape index (κ1) is 16.1. The minimum Gasteiger partial charge on any atom is -0.425 e. The molecular formula is C18H26BN3O2. The first-order valence-electron chi connectivity index (χ1n) is 9.00. The molecular weight excluding hydrogens is 301 g/mol. The first-order valence-corrected chi connectivity index (χ1v) is 9.00. The molecule has 2 aliphatic heterocycles. The Morgan fingerprint density at radius 2 is 2.04 bits per heavy atom. The molecule has 0 aliphatic carbocycles. The van der Waals surface area contributed by atoms with E-state index < -0.39 is 0 Å². The highest BCUT2D eigenvalue weighted by Crippen LogP contribution is 2.45. The maximum atomic E-state index is 6.33. The fraction of sp³-hybridized carbons (Fsp3) is 0.667. The average Bonchev–Trinajstić information content (AvgIpc) is 3.06. The second kappa shape index (κ2) is 5.56. The monoisotopic (exact) mass is 327 g/mol. The summed E-state index contributed by atoms with van der Waals surface area (Å²) in [7, 11) is 0. The molecule has 2 fully saturated rings. The number of hydrogen-bond acceptors (Lipinski definition) is 4. The molecule has 0 saturated carbocycles. The quantitative estimate of drug-likeness (QED) is 0.795. The van der Waals surface area contributed by atoms with Gasteiger partial charge in [-0.3, -0.25) is 0 Å². The summed E-state index contributed by atoms with van der Waals surface area (Å²) in [4.78, 5) is 4.70. The normalized spacial score (nSPS) is 26.2. The van der Waals surface area contributed by atoms with Gasteiger partial charge < -0.3 is 9.39 Å². The van der Waals surface area contributed by atoms with E-state index in [-0.39, 0.29) is 24.2 Å². The highest BCUT2D eigenvalue weighted by atomic mass is 16.5. The van der Waals surface area contributed by atoms with Crippen molar-refractivity contribution in [2.75, 3.05) is 6.61 Å². The van der Waals surface area contributed by atoms with E-state index in [0.717, 1.165) is 42.3 Å². The van der Waals surface area contributed by atoms with Crippen LogP contribution in [-0.4, -0.2) is 33.9 Å². The molecule has 0 aromatic carbocycles. The van der Waals surface area contributed by atoms with Crippen LogP contribution in [0.5, 0.6) is 0 Å². The van der Waals surface area contributed by atoms with Gasteiger partial charge in [0.1, 0.15) is 0 Å². The molecule has 0 bridgehead atoms. The van der Waals surface area contributed by atoms with Gasteiger partial charge in [-0.15, -0.1) is 0 Å². The molecule has 5 nitrogen and oxygen atoms in total. The number of nitrogens with zero attached hydrogens (tertiary/aromatic N) is 3. The zero-order chi connectivity index (χ0) is 16.9. The number of ether oxygens (including phenoxy) is 1. The molecule has 2 aliphatic rings. The van der Waals surface area contributed by atoms with Crippen molar-refractivity contribution in [1.82, 2.24) is 14.8 Å². The Morgan fingerprint density at radius 3 is 2.71 bits per heavy atom. The topological polar surface area (TPSA) is 49.2 Å². The fourth-order valence-corrected chi connectivity index (χ4v) is 3.71. The van der Waals surface area contributed by atoms with Gasteiger partial charge in [-0.2, -0.15) is 5.10 Å². The molecule has 0 N–H and O–H groups in total. The van der Waals surface area contributed by atoms with E-state index in [1.54, 1.807) is 0 Å². The van der Waals surface area contributed by atoms with Crippen LogP contribution >= 0.6 is 0 Å². The summed E-state index contributed by atoms with van der Waals surface area (Å²) in [5.74, 6) is 0. The van der Waals surface area contributed by atoms with Crippen molar-refractivity contribution in [2.24, 2.45) is 5.41 Å². The average molecular weight is 327 g/mol. The van der Waals surface area contributed by atoms with Gasteiger partial charge >= 0.3 is 6.92 Å². The highest BCUT2D eigenvalue weighted by Gasteiger charge is 2.49. The van der Waals surface area contributed by atoms with Crippen molar-refractivity contribution < 1.29 is 9.39 Å². The molecule has 24 heavy (non-hydrogen) atoms. The van der Waals surface area contributed by atoms with Crippen LogP contribution in [0.1, 0.15) is 53.2 Å². The maximum absolute atomic E-state index is 6.33. The zero-order valence-corrected chi connectivity index (χ0v) is 15.1. The van der Waals surface area contributed by atoms with Gasteiger partial charge in [0.2, 0.25) is 0 Å². The van der Waals surface area contributed by atoms with E-state index in [2.05, 4.69) is 38.9 Å². The van der Waals surface area contributed by atoms with Gasteiger partial charge in [-0.05, 0) is 50.3 Å². The zero-order valence-electron chi connectivity index (χ0n) is 15.1. The van der Waals surface area contributed by atoms with Crippen LogP contribution in [-0.2, 0) is 9.39 Å². The lowest BCUT2D eigenvalue weighted by molar-refractivity contribution is -0.0370. The Balaban J connectivity index is 1.63. The summed E-state index contributed by atoms with van der Waals surface area (Å²) >= 11 is 0. The summed E-state index contributed by atoms with van der Waals surface area (Å²) in [5.41, 5.74) is 2.06. The van der Waals surface area contributed by atoms with Crippen LogP contribution in [0, 0.1) is 5.41 Å². The standard InChI is InChI=1S/C18H26BN3O2/c1-17(2)12-19(24-18(17,3)4)14-9-13-10-21-22(16(13)20-11-14)15-7-5-6-8-23-15/h9-11,15H,5-8,12H2,1-4H3. The van der Waals surface area contributed by atoms with E-state index in [9.17, 15) is 0 Å². The molecule has 1 atom stereocenters. The molecule has 6 heteroatoms. The van der Waals surface area contributed by atoms with Crippen molar-refractivity contribution in [2.45, 2.75) is 65.1 Å². The molecule has 0 radical (unpaired) electrons. The third-order valence-corrected chi connectivity index (χ3v) is 6.02. The first-order chi connectivity index (χ1) is 11.4. The van der Waals surface area contributed by atoms with Gasteiger partial charge in [-0.25, -0.2) is 9.67 Å². The molecule has 2 aromatic rings. The minimum absolute atomic E-state index is 0.0233. The lowest BCUT2D eigenvalue weighted by Gasteiger charge is -2.34. The van der Waals surface area contributed by atoms with E-state index in [4.69, 9.17) is 14.4 Å². The van der Waals surface area contributed by atoms with Crippen LogP contribution in [0.25, 0.3) is 11.0 Å². The van der Waals surface area contributed by atoms with Gasteiger partial charge in [0.05, 0.1) is 11.8 Å². The van der Waals surface area contributed by atoms with Gasteiger partial charge in [0.25, 0.3) is 0 Å². The third kappa shape index (κ3) is 2.56. The SMILES string of the molecule is CC1(C)CB(c2cnc3c(cnn3C3CCCCO3)c2)OC1(C)C. The van der Waals surface area contributed by atoms with Crippen LogP contribution in [0.4, 0.5) is 0 Å². The largest absolute Gasteiger partial charge is 0.425 e. The Bertz CT molecular complexity index is 734. The summed E-state index contributed by atoms with van der Waals surface area (Å²) in [6.07, 6.45) is 8.21. The Hall–Kier alpha value is -1.40. The van der Waals surface area contributed by atoms with E-state index in [1.165, 1.54) is 6.42 Å². The lowest BCUT2D eigenvalue weighted by atomic mass is 9.54. The number of aromatic nitrogens is 3. The maximum Gasteiger partial charge on any atom is 0.329 e. The molecule has 2 aromatic heterocycles. The lowest BCUT2D eigenvalue weighted by Crippen LogP contribution is -2.36. The van der Waals surface area contributed by atoms with Crippen molar-refractivity contribution in [3.8, 4) is 0 Å². The second-order valence-corrected chi connectivity index (χ2v) is 8.30. The Kier molecular flexibility index (Phi) is 3.73. The number of fused-ring (bicyclic) bond motifs is 1. The van der Waals surface area contributed by atoms with E-state index >= 15 is 0 Å². The van der Waals surface area contributed by atoms with Gasteiger partial charge in [-0.1, -0.05) is 19.9 Å². The number of hydrogen-bond donors (Lipinski definition) is 0. The Morgan fingerprint density at radius 1 is 1.21 bits per heavy atom. The molecule has 4 rings (SSSR count). The highest BCUT2D eigenvalue weighted by molar-refractivity contribution is 6.68. The molecule has 0 spiro atoms. The Labute approximate surface area is 143 Å². The predicted molar refractivity (Wildman–Crippen MR) is 95.5 cm³/mol. The summed E-state index contributed by atoms with van der Waals surface area (Å²) in [6, 6.07) is 2.18. The molecule has 0 amide bonds. The smallest absolute Gasteiger partial charge is 0.329 e. The van der Waals surface area contributed by atoms with Gasteiger partial charge in [0.15, 0.2) is 11.9 Å². The van der Waals surface area contributed by atoms with Crippen molar-refractivity contribution >= 4 is 23.4 Å². The van der Waals surface area contributed by atoms with Crippen LogP contribution < -0.4 is 5.46 Å². The van der Waals surface area contributed by atoms with Crippen molar-refractivity contribution in [3.05, 3.63) is 18.5 Å². The molecule has 4 heterocycles. The molecule has 1 unspecified atom stereocenters. The van der Waals surface area contributed by atoms with Crippen LogP contribution in [0.2, 0.25) is 6.32 Å². The van der Waals surface area contributed by atoms with Gasteiger partial charge in [0, 0.05) is 18.2 Å². The predicted octanol–water partition coefficient (Wildman–Crippen LogP) is 3.16. The van der Waals surface area contributed by atoms with E-state index in [0.29, 0.717) is 0 Å². The summed E-state index contributed by atoms with van der Waals surface area (Å²) < 4.78 is 14.1. The molecule has 2 saturated heterocycles. The van der Waals surface area contributed by atoms with Crippen molar-refractivity contribution in [1.29, 1.82) is 0 Å². The second-order valence-electron chi connectivity index (χ2n) is 8.30.